The van der Waals surface area contributed by atoms with Crippen LogP contribution in [0.25, 0.3) is 5.76 Å². The van der Waals surface area contributed by atoms with E-state index in [2.05, 4.69) is 6.92 Å². The van der Waals surface area contributed by atoms with Gasteiger partial charge in [0, 0.05) is 17.1 Å². The minimum absolute atomic E-state index is 0.0522. The highest BCUT2D eigenvalue weighted by Gasteiger charge is 2.46. The molecule has 0 aromatic heterocycles. The van der Waals surface area contributed by atoms with Gasteiger partial charge in [-0.3, -0.25) is 9.59 Å². The van der Waals surface area contributed by atoms with Gasteiger partial charge in [-0.25, -0.2) is 0 Å². The molecule has 1 unspecified atom stereocenters. The van der Waals surface area contributed by atoms with Crippen molar-refractivity contribution in [3.8, 4) is 5.75 Å². The first kappa shape index (κ1) is 24.6. The lowest BCUT2D eigenvalue weighted by Crippen LogP contribution is -2.29. The van der Waals surface area contributed by atoms with Crippen molar-refractivity contribution in [2.24, 2.45) is 0 Å². The normalized spacial score (nSPS) is 17.1. The van der Waals surface area contributed by atoms with Crippen molar-refractivity contribution >= 4 is 29.1 Å². The number of halogens is 1. The van der Waals surface area contributed by atoms with E-state index in [0.29, 0.717) is 28.5 Å². The Labute approximate surface area is 210 Å². The summed E-state index contributed by atoms with van der Waals surface area (Å²) in [5.41, 5.74) is 2.06. The molecule has 4 rings (SSSR count). The molecule has 0 aliphatic carbocycles. The van der Waals surface area contributed by atoms with Crippen molar-refractivity contribution in [2.45, 2.75) is 38.8 Å². The number of nitrogens with zero attached hydrogens (tertiary/aromatic N) is 1. The first-order valence-corrected chi connectivity index (χ1v) is 12.2. The van der Waals surface area contributed by atoms with Crippen LogP contribution < -0.4 is 4.74 Å². The van der Waals surface area contributed by atoms with Crippen LogP contribution >= 0.6 is 11.6 Å². The molecule has 1 aliphatic rings. The van der Waals surface area contributed by atoms with Gasteiger partial charge in [0.05, 0.1) is 18.2 Å². The van der Waals surface area contributed by atoms with E-state index in [4.69, 9.17) is 16.3 Å². The molecule has 0 spiro atoms. The van der Waals surface area contributed by atoms with Gasteiger partial charge < -0.3 is 14.7 Å². The number of carbonyl (C=O) groups is 2. The number of aliphatic hydroxyl groups excluding tert-OH is 1. The highest BCUT2D eigenvalue weighted by Crippen LogP contribution is 2.41. The van der Waals surface area contributed by atoms with Gasteiger partial charge in [0.15, 0.2) is 0 Å². The lowest BCUT2D eigenvalue weighted by atomic mass is 9.95. The number of Topliss-reactive ketones (excluding diaryl/α,β-unsaturated/α-hetero) is 1. The summed E-state index contributed by atoms with van der Waals surface area (Å²) >= 11 is 6.00. The monoisotopic (exact) mass is 489 g/mol. The second kappa shape index (κ2) is 11.2. The summed E-state index contributed by atoms with van der Waals surface area (Å²) in [4.78, 5) is 27.9. The summed E-state index contributed by atoms with van der Waals surface area (Å²) in [6.45, 7) is 2.96. The Morgan fingerprint density at radius 1 is 0.971 bits per heavy atom. The summed E-state index contributed by atoms with van der Waals surface area (Å²) in [5, 5.41) is 11.7. The third-order valence-electron chi connectivity index (χ3n) is 6.04. The summed E-state index contributed by atoms with van der Waals surface area (Å²) < 4.78 is 5.93. The fourth-order valence-electron chi connectivity index (χ4n) is 4.25. The van der Waals surface area contributed by atoms with Gasteiger partial charge in [-0.15, -0.1) is 0 Å². The Morgan fingerprint density at radius 3 is 2.43 bits per heavy atom. The smallest absolute Gasteiger partial charge is 0.295 e. The molecule has 3 aromatic carbocycles. The predicted molar refractivity (Wildman–Crippen MR) is 137 cm³/mol. The topological polar surface area (TPSA) is 66.8 Å². The highest BCUT2D eigenvalue weighted by atomic mass is 35.5. The molecule has 1 heterocycles. The quantitative estimate of drug-likeness (QED) is 0.160. The lowest BCUT2D eigenvalue weighted by Gasteiger charge is -2.26. The molecule has 35 heavy (non-hydrogen) atoms. The van der Waals surface area contributed by atoms with Gasteiger partial charge in [0.1, 0.15) is 11.5 Å². The zero-order valence-corrected chi connectivity index (χ0v) is 20.4. The number of amides is 1. The maximum absolute atomic E-state index is 13.2. The molecule has 1 N–H and O–H groups in total. The van der Waals surface area contributed by atoms with Crippen LogP contribution in [0.4, 0.5) is 0 Å². The third-order valence-corrected chi connectivity index (χ3v) is 6.30. The maximum atomic E-state index is 13.2. The summed E-state index contributed by atoms with van der Waals surface area (Å²) in [6.07, 6.45) is 3.13. The lowest BCUT2D eigenvalue weighted by molar-refractivity contribution is -0.140. The molecule has 180 valence electrons. The molecular weight excluding hydrogens is 462 g/mol. The van der Waals surface area contributed by atoms with Gasteiger partial charge in [0.25, 0.3) is 11.7 Å². The molecule has 0 radical (unpaired) electrons. The predicted octanol–water partition coefficient (Wildman–Crippen LogP) is 6.53. The summed E-state index contributed by atoms with van der Waals surface area (Å²) in [7, 11) is 0. The van der Waals surface area contributed by atoms with Crippen LogP contribution in [0.3, 0.4) is 0 Å². The standard InChI is InChI=1S/C29H28ClNO4/c1-2-3-7-17-35-24-12-8-11-22(18-24)26-25(27(32)21-13-15-23(30)16-14-21)28(33)29(34)31(26)19-20-9-5-4-6-10-20/h4-6,8-16,18,26,32H,2-3,7,17,19H2,1H3/b27-25+. The molecule has 5 nitrogen and oxygen atoms in total. The number of hydrogen-bond donors (Lipinski definition) is 1. The Hall–Kier alpha value is -3.57. The first-order chi connectivity index (χ1) is 17.0. The Bertz CT molecular complexity index is 1220. The maximum Gasteiger partial charge on any atom is 0.295 e. The van der Waals surface area contributed by atoms with Crippen LogP contribution in [-0.2, 0) is 16.1 Å². The van der Waals surface area contributed by atoms with E-state index in [1.165, 1.54) is 4.90 Å². The van der Waals surface area contributed by atoms with Crippen LogP contribution in [0.1, 0.15) is 48.9 Å². The Balaban J connectivity index is 1.77. The SMILES string of the molecule is CCCCCOc1cccc(C2/C(=C(\O)c3ccc(Cl)cc3)C(=O)C(=O)N2Cc2ccccc2)c1. The number of likely N-dealkylation sites (tertiary alicyclic amines) is 1. The number of ketones is 1. The molecule has 1 saturated heterocycles. The number of rotatable bonds is 9. The van der Waals surface area contributed by atoms with E-state index in [-0.39, 0.29) is 17.9 Å². The third kappa shape index (κ3) is 5.57. The van der Waals surface area contributed by atoms with E-state index in [0.717, 1.165) is 24.8 Å². The van der Waals surface area contributed by atoms with Crippen molar-refractivity contribution in [3.05, 3.63) is 106 Å². The average molecular weight is 490 g/mol. The van der Waals surface area contributed by atoms with Crippen molar-refractivity contribution in [3.63, 3.8) is 0 Å². The van der Waals surface area contributed by atoms with Crippen molar-refractivity contribution in [1.29, 1.82) is 0 Å². The van der Waals surface area contributed by atoms with E-state index >= 15 is 0 Å². The minimum atomic E-state index is -0.759. The Kier molecular flexibility index (Phi) is 7.88. The van der Waals surface area contributed by atoms with Crippen molar-refractivity contribution in [1.82, 2.24) is 4.90 Å². The zero-order chi connectivity index (χ0) is 24.8. The summed E-state index contributed by atoms with van der Waals surface area (Å²) in [6, 6.07) is 22.7. The second-order valence-electron chi connectivity index (χ2n) is 8.55. The van der Waals surface area contributed by atoms with Crippen LogP contribution in [0, 0.1) is 0 Å². The number of ether oxygens (including phenoxy) is 1. The van der Waals surface area contributed by atoms with Gasteiger partial charge in [-0.2, -0.15) is 0 Å². The number of hydrogen-bond acceptors (Lipinski definition) is 4. The number of unbranched alkanes of at least 4 members (excludes halogenated alkanes) is 2. The molecule has 1 fully saturated rings. The Morgan fingerprint density at radius 2 is 1.71 bits per heavy atom. The number of benzene rings is 3. The zero-order valence-electron chi connectivity index (χ0n) is 19.6. The van der Waals surface area contributed by atoms with Gasteiger partial charge >= 0.3 is 0 Å². The average Bonchev–Trinajstić information content (AvgIpc) is 3.12. The van der Waals surface area contributed by atoms with Crippen LogP contribution in [-0.4, -0.2) is 28.3 Å². The van der Waals surface area contributed by atoms with E-state index < -0.39 is 17.7 Å². The second-order valence-corrected chi connectivity index (χ2v) is 8.98. The number of carbonyl (C=O) groups excluding carboxylic acids is 2. The van der Waals surface area contributed by atoms with E-state index in [9.17, 15) is 14.7 Å². The molecule has 3 aromatic rings. The van der Waals surface area contributed by atoms with Crippen molar-refractivity contribution < 1.29 is 19.4 Å². The minimum Gasteiger partial charge on any atom is -0.507 e. The fraction of sp³-hybridized carbons (Fsp3) is 0.241. The highest BCUT2D eigenvalue weighted by molar-refractivity contribution is 6.46. The van der Waals surface area contributed by atoms with Gasteiger partial charge in [-0.1, -0.05) is 73.8 Å². The first-order valence-electron chi connectivity index (χ1n) is 11.8. The summed E-state index contributed by atoms with van der Waals surface area (Å²) in [5.74, 6) is -0.929. The van der Waals surface area contributed by atoms with Crippen LogP contribution in [0.2, 0.25) is 5.02 Å². The molecule has 1 aliphatic heterocycles. The fourth-order valence-corrected chi connectivity index (χ4v) is 4.38. The molecule has 6 heteroatoms. The van der Waals surface area contributed by atoms with Crippen molar-refractivity contribution in [2.75, 3.05) is 6.61 Å². The van der Waals surface area contributed by atoms with E-state index in [1.807, 2.05) is 54.6 Å². The molecule has 1 amide bonds. The van der Waals surface area contributed by atoms with Crippen LogP contribution in [0.15, 0.2) is 84.4 Å². The van der Waals surface area contributed by atoms with Gasteiger partial charge in [0.2, 0.25) is 0 Å². The van der Waals surface area contributed by atoms with E-state index in [1.54, 1.807) is 24.3 Å². The largest absolute Gasteiger partial charge is 0.507 e. The number of aliphatic hydroxyl groups is 1. The molecule has 0 saturated carbocycles. The van der Waals surface area contributed by atoms with Crippen LogP contribution in [0.5, 0.6) is 5.75 Å². The molecule has 1 atom stereocenters. The van der Waals surface area contributed by atoms with Gasteiger partial charge in [-0.05, 0) is 53.9 Å². The molecular formula is C29H28ClNO4. The molecule has 0 bridgehead atoms.